The summed E-state index contributed by atoms with van der Waals surface area (Å²) in [6, 6.07) is 1.78. The fourth-order valence-electron chi connectivity index (χ4n) is 2.05. The second-order valence-corrected chi connectivity index (χ2v) is 6.15. The third-order valence-electron chi connectivity index (χ3n) is 3.18. The van der Waals surface area contributed by atoms with E-state index in [0.717, 1.165) is 5.76 Å². The molecule has 0 spiro atoms. The lowest BCUT2D eigenvalue weighted by Gasteiger charge is -2.05. The highest BCUT2D eigenvalue weighted by Gasteiger charge is 2.20. The lowest BCUT2D eigenvalue weighted by Crippen LogP contribution is -2.08. The molecule has 0 bridgehead atoms. The maximum atomic E-state index is 12.1. The van der Waals surface area contributed by atoms with Crippen molar-refractivity contribution in [1.29, 1.82) is 0 Å². The van der Waals surface area contributed by atoms with Crippen LogP contribution in [-0.2, 0) is 11.3 Å². The van der Waals surface area contributed by atoms with Gasteiger partial charge in [0.1, 0.15) is 11.5 Å². The Morgan fingerprint density at radius 3 is 2.60 bits per heavy atom. The Morgan fingerprint density at radius 1 is 1.16 bits per heavy atom. The first-order valence-electron chi connectivity index (χ1n) is 6.93. The van der Waals surface area contributed by atoms with E-state index in [2.05, 4.69) is 15.2 Å². The largest absolute Gasteiger partial charge is 0.466 e. The first-order valence-corrected chi connectivity index (χ1v) is 8.06. The Morgan fingerprint density at radius 2 is 1.92 bits per heavy atom. The number of aryl methyl sites for hydroxylation is 2. The van der Waals surface area contributed by atoms with Crippen molar-refractivity contribution in [1.82, 2.24) is 15.2 Å². The minimum Gasteiger partial charge on any atom is -0.466 e. The molecule has 0 amide bonds. The summed E-state index contributed by atoms with van der Waals surface area (Å²) >= 11 is 17.6. The number of aromatic nitrogens is 3. The molecule has 0 atom stereocenters. The second kappa shape index (κ2) is 7.03. The minimum absolute atomic E-state index is 0.0242. The lowest BCUT2D eigenvalue weighted by atomic mass is 10.2. The van der Waals surface area contributed by atoms with Crippen molar-refractivity contribution >= 4 is 40.8 Å². The summed E-state index contributed by atoms with van der Waals surface area (Å²) in [7, 11) is 0. The number of halogens is 3. The number of carbonyl (C=O) groups is 1. The number of ether oxygens (including phenoxy) is 1. The van der Waals surface area contributed by atoms with Crippen LogP contribution < -0.4 is 0 Å². The number of furan rings is 1. The maximum Gasteiger partial charge on any atom is 0.359 e. The molecular weight excluding hydrogens is 393 g/mol. The molecule has 0 aliphatic rings. The zero-order valence-corrected chi connectivity index (χ0v) is 15.2. The SMILES string of the molecule is Cc1cc(-c2nnc(COC(=O)c3ncc(Cl)c(Cl)c3Cl)o2)c(C)o1. The zero-order valence-electron chi connectivity index (χ0n) is 13.0. The van der Waals surface area contributed by atoms with Crippen LogP contribution in [0.2, 0.25) is 15.1 Å². The molecule has 0 aliphatic heterocycles. The first-order chi connectivity index (χ1) is 11.9. The Balaban J connectivity index is 1.71. The van der Waals surface area contributed by atoms with Crippen LogP contribution >= 0.6 is 34.8 Å². The highest BCUT2D eigenvalue weighted by Crippen LogP contribution is 2.31. The molecule has 0 saturated carbocycles. The molecule has 10 heteroatoms. The van der Waals surface area contributed by atoms with E-state index in [1.54, 1.807) is 13.0 Å². The van der Waals surface area contributed by atoms with Gasteiger partial charge in [-0.3, -0.25) is 0 Å². The predicted octanol–water partition coefficient (Wildman–Crippen LogP) is 4.66. The molecule has 7 nitrogen and oxygen atoms in total. The van der Waals surface area contributed by atoms with Gasteiger partial charge in [0.15, 0.2) is 12.3 Å². The van der Waals surface area contributed by atoms with Crippen molar-refractivity contribution in [3.63, 3.8) is 0 Å². The van der Waals surface area contributed by atoms with Gasteiger partial charge in [-0.25, -0.2) is 9.78 Å². The van der Waals surface area contributed by atoms with Gasteiger partial charge in [0.2, 0.25) is 0 Å². The van der Waals surface area contributed by atoms with Gasteiger partial charge in [-0.2, -0.15) is 0 Å². The van der Waals surface area contributed by atoms with Crippen molar-refractivity contribution in [2.24, 2.45) is 0 Å². The third-order valence-corrected chi connectivity index (χ3v) is 4.42. The number of carbonyl (C=O) groups excluding carboxylic acids is 1. The normalized spacial score (nSPS) is 10.9. The van der Waals surface area contributed by atoms with Crippen molar-refractivity contribution < 1.29 is 18.4 Å². The molecule has 0 N–H and O–H groups in total. The van der Waals surface area contributed by atoms with Gasteiger partial charge < -0.3 is 13.6 Å². The highest BCUT2D eigenvalue weighted by molar-refractivity contribution is 6.48. The average Bonchev–Trinajstić information content (AvgIpc) is 3.16. The third kappa shape index (κ3) is 3.63. The fraction of sp³-hybridized carbons (Fsp3) is 0.200. The van der Waals surface area contributed by atoms with Crippen LogP contribution in [0.1, 0.15) is 27.9 Å². The van der Waals surface area contributed by atoms with E-state index in [-0.39, 0.29) is 39.2 Å². The molecule has 3 rings (SSSR count). The number of hydrogen-bond acceptors (Lipinski definition) is 7. The Hall–Kier alpha value is -2.09. The minimum atomic E-state index is -0.793. The maximum absolute atomic E-state index is 12.1. The van der Waals surface area contributed by atoms with E-state index >= 15 is 0 Å². The molecule has 0 saturated heterocycles. The predicted molar refractivity (Wildman–Crippen MR) is 89.9 cm³/mol. The van der Waals surface area contributed by atoms with Crippen LogP contribution in [0.25, 0.3) is 11.5 Å². The zero-order chi connectivity index (χ0) is 18.1. The first kappa shape index (κ1) is 17.7. The van der Waals surface area contributed by atoms with Gasteiger partial charge in [-0.05, 0) is 19.9 Å². The molecule has 0 aliphatic carbocycles. The molecule has 0 radical (unpaired) electrons. The summed E-state index contributed by atoms with van der Waals surface area (Å²) in [4.78, 5) is 15.9. The van der Waals surface area contributed by atoms with Crippen LogP contribution in [-0.4, -0.2) is 21.2 Å². The van der Waals surface area contributed by atoms with E-state index in [1.807, 2.05) is 6.92 Å². The van der Waals surface area contributed by atoms with Crippen LogP contribution in [0.5, 0.6) is 0 Å². The topological polar surface area (TPSA) is 91.2 Å². The van der Waals surface area contributed by atoms with E-state index < -0.39 is 5.97 Å². The average molecular weight is 403 g/mol. The molecule has 0 aromatic carbocycles. The summed E-state index contributed by atoms with van der Waals surface area (Å²) in [6.45, 7) is 3.34. The fourth-order valence-corrected chi connectivity index (χ4v) is 2.60. The van der Waals surface area contributed by atoms with E-state index in [1.165, 1.54) is 6.20 Å². The number of nitrogens with zero attached hydrogens (tertiary/aromatic N) is 3. The van der Waals surface area contributed by atoms with Crippen LogP contribution in [0.15, 0.2) is 21.1 Å². The van der Waals surface area contributed by atoms with Gasteiger partial charge in [-0.15, -0.1) is 10.2 Å². The summed E-state index contributed by atoms with van der Waals surface area (Å²) in [5.41, 5.74) is 0.522. The van der Waals surface area contributed by atoms with Gasteiger partial charge in [-0.1, -0.05) is 34.8 Å². The Labute approximate surface area is 156 Å². The molecule has 0 fully saturated rings. The Kier molecular flexibility index (Phi) is 4.99. The van der Waals surface area contributed by atoms with Crippen molar-refractivity contribution in [3.8, 4) is 11.5 Å². The molecule has 0 unspecified atom stereocenters. The monoisotopic (exact) mass is 401 g/mol. The summed E-state index contributed by atoms with van der Waals surface area (Å²) < 4.78 is 15.9. The van der Waals surface area contributed by atoms with Gasteiger partial charge in [0, 0.05) is 6.20 Å². The number of esters is 1. The van der Waals surface area contributed by atoms with Gasteiger partial charge >= 0.3 is 5.97 Å². The molecule has 3 aromatic heterocycles. The molecule has 3 aromatic rings. The molecule has 25 heavy (non-hydrogen) atoms. The molecule has 3 heterocycles. The van der Waals surface area contributed by atoms with Gasteiger partial charge in [0.25, 0.3) is 11.8 Å². The van der Waals surface area contributed by atoms with Crippen LogP contribution in [0.4, 0.5) is 0 Å². The standard InChI is InChI=1S/C15H10Cl3N3O4/c1-6-3-8(7(2)24-6)14-21-20-10(25-14)5-23-15(22)13-12(18)11(17)9(16)4-19-13/h3-4H,5H2,1-2H3. The van der Waals surface area contributed by atoms with E-state index in [4.69, 9.17) is 48.4 Å². The van der Waals surface area contributed by atoms with Crippen molar-refractivity contribution in [2.75, 3.05) is 0 Å². The quantitative estimate of drug-likeness (QED) is 0.586. The molecular formula is C15H10Cl3N3O4. The number of rotatable bonds is 4. The Bertz CT molecular complexity index is 952. The number of hydrogen-bond donors (Lipinski definition) is 0. The van der Waals surface area contributed by atoms with Crippen molar-refractivity contribution in [2.45, 2.75) is 20.5 Å². The smallest absolute Gasteiger partial charge is 0.359 e. The lowest BCUT2D eigenvalue weighted by molar-refractivity contribution is 0.0432. The molecule has 130 valence electrons. The summed E-state index contributed by atoms with van der Waals surface area (Å²) in [5, 5.41) is 7.80. The summed E-state index contributed by atoms with van der Waals surface area (Å²) in [6.07, 6.45) is 1.21. The van der Waals surface area contributed by atoms with E-state index in [0.29, 0.717) is 11.3 Å². The van der Waals surface area contributed by atoms with Crippen LogP contribution in [0.3, 0.4) is 0 Å². The number of pyridine rings is 1. The second-order valence-electron chi connectivity index (χ2n) is 4.99. The highest BCUT2D eigenvalue weighted by atomic mass is 35.5. The van der Waals surface area contributed by atoms with Crippen molar-refractivity contribution in [3.05, 3.63) is 50.4 Å². The van der Waals surface area contributed by atoms with E-state index in [9.17, 15) is 4.79 Å². The van der Waals surface area contributed by atoms with Crippen LogP contribution in [0, 0.1) is 13.8 Å². The van der Waals surface area contributed by atoms with Gasteiger partial charge in [0.05, 0.1) is 20.6 Å². The summed E-state index contributed by atoms with van der Waals surface area (Å²) in [5.74, 6) is 0.957.